The SMILES string of the molecule is CC1CCC(N(C)c2nc(N(C)C)cc(C(F)(F)F)n2)CC1. The van der Waals surface area contributed by atoms with E-state index in [9.17, 15) is 13.2 Å². The van der Waals surface area contributed by atoms with Crippen LogP contribution in [0.1, 0.15) is 38.3 Å². The van der Waals surface area contributed by atoms with Gasteiger partial charge in [-0.2, -0.15) is 18.2 Å². The molecule has 0 unspecified atom stereocenters. The van der Waals surface area contributed by atoms with Crippen molar-refractivity contribution < 1.29 is 13.2 Å². The van der Waals surface area contributed by atoms with Gasteiger partial charge in [0.05, 0.1) is 0 Å². The maximum atomic E-state index is 13.0. The third-order valence-corrected chi connectivity index (χ3v) is 4.30. The van der Waals surface area contributed by atoms with Crippen molar-refractivity contribution in [3.05, 3.63) is 11.8 Å². The Kier molecular flexibility index (Phi) is 4.82. The first-order valence-corrected chi connectivity index (χ1v) is 7.55. The van der Waals surface area contributed by atoms with Gasteiger partial charge in [0.1, 0.15) is 5.82 Å². The van der Waals surface area contributed by atoms with Crippen molar-refractivity contribution >= 4 is 11.8 Å². The van der Waals surface area contributed by atoms with Crippen LogP contribution in [-0.2, 0) is 6.18 Å². The molecule has 1 heterocycles. The van der Waals surface area contributed by atoms with Crippen molar-refractivity contribution in [3.8, 4) is 0 Å². The topological polar surface area (TPSA) is 32.3 Å². The first-order valence-electron chi connectivity index (χ1n) is 7.55. The van der Waals surface area contributed by atoms with E-state index in [1.807, 2.05) is 0 Å². The molecule has 0 aliphatic heterocycles. The van der Waals surface area contributed by atoms with Gasteiger partial charge in [0.15, 0.2) is 5.69 Å². The molecule has 1 aromatic rings. The van der Waals surface area contributed by atoms with Crippen molar-refractivity contribution in [1.82, 2.24) is 9.97 Å². The summed E-state index contributed by atoms with van der Waals surface area (Å²) in [7, 11) is 5.14. The normalized spacial score (nSPS) is 22.5. The largest absolute Gasteiger partial charge is 0.433 e. The molecule has 1 saturated carbocycles. The highest BCUT2D eigenvalue weighted by atomic mass is 19.4. The zero-order chi connectivity index (χ0) is 16.5. The van der Waals surface area contributed by atoms with Crippen LogP contribution in [0.2, 0.25) is 0 Å². The molecule has 4 nitrogen and oxygen atoms in total. The molecule has 1 aromatic heterocycles. The third-order valence-electron chi connectivity index (χ3n) is 4.30. The Balaban J connectivity index is 2.30. The molecule has 0 amide bonds. The second-order valence-corrected chi connectivity index (χ2v) is 6.33. The van der Waals surface area contributed by atoms with E-state index in [2.05, 4.69) is 16.9 Å². The molecule has 1 aliphatic rings. The van der Waals surface area contributed by atoms with E-state index < -0.39 is 11.9 Å². The van der Waals surface area contributed by atoms with Gasteiger partial charge in [-0.15, -0.1) is 0 Å². The van der Waals surface area contributed by atoms with Gasteiger partial charge in [0.25, 0.3) is 0 Å². The van der Waals surface area contributed by atoms with Crippen LogP contribution in [0.5, 0.6) is 0 Å². The van der Waals surface area contributed by atoms with E-state index in [-0.39, 0.29) is 17.8 Å². The Morgan fingerprint density at radius 3 is 2.14 bits per heavy atom. The summed E-state index contributed by atoms with van der Waals surface area (Å²) in [5, 5.41) is 0. The minimum atomic E-state index is -4.47. The Morgan fingerprint density at radius 1 is 1.05 bits per heavy atom. The predicted molar refractivity (Wildman–Crippen MR) is 81.2 cm³/mol. The smallest absolute Gasteiger partial charge is 0.363 e. The molecule has 1 aliphatic carbocycles. The molecule has 1 fully saturated rings. The average molecular weight is 316 g/mol. The van der Waals surface area contributed by atoms with Crippen LogP contribution in [0, 0.1) is 5.92 Å². The van der Waals surface area contributed by atoms with Crippen LogP contribution in [0.15, 0.2) is 6.07 Å². The van der Waals surface area contributed by atoms with Crippen molar-refractivity contribution in [3.63, 3.8) is 0 Å². The molecule has 22 heavy (non-hydrogen) atoms. The minimum absolute atomic E-state index is 0.151. The van der Waals surface area contributed by atoms with Crippen LogP contribution in [0.4, 0.5) is 24.9 Å². The monoisotopic (exact) mass is 316 g/mol. The zero-order valence-electron chi connectivity index (χ0n) is 13.5. The lowest BCUT2D eigenvalue weighted by Crippen LogP contribution is -2.36. The summed E-state index contributed by atoms with van der Waals surface area (Å²) < 4.78 is 39.1. The van der Waals surface area contributed by atoms with Crippen molar-refractivity contribution in [2.24, 2.45) is 5.92 Å². The minimum Gasteiger partial charge on any atom is -0.363 e. The van der Waals surface area contributed by atoms with Gasteiger partial charge in [-0.1, -0.05) is 6.92 Å². The molecule has 2 rings (SSSR count). The Bertz CT molecular complexity index is 508. The molecule has 0 spiro atoms. The molecule has 7 heteroatoms. The quantitative estimate of drug-likeness (QED) is 0.853. The van der Waals surface area contributed by atoms with Crippen molar-refractivity contribution in [2.45, 2.75) is 44.8 Å². The van der Waals surface area contributed by atoms with E-state index in [0.29, 0.717) is 5.92 Å². The highest BCUT2D eigenvalue weighted by Crippen LogP contribution is 2.33. The Hall–Kier alpha value is -1.53. The van der Waals surface area contributed by atoms with Gasteiger partial charge < -0.3 is 9.80 Å². The lowest BCUT2D eigenvalue weighted by Gasteiger charge is -2.34. The summed E-state index contributed by atoms with van der Waals surface area (Å²) in [6.07, 6.45) is -0.351. The van der Waals surface area contributed by atoms with E-state index in [1.54, 1.807) is 30.9 Å². The first kappa shape index (κ1) is 16.8. The van der Waals surface area contributed by atoms with E-state index in [0.717, 1.165) is 31.7 Å². The fourth-order valence-electron chi connectivity index (χ4n) is 2.75. The van der Waals surface area contributed by atoms with Crippen LogP contribution >= 0.6 is 0 Å². The summed E-state index contributed by atoms with van der Waals surface area (Å²) in [5.41, 5.74) is -0.891. The van der Waals surface area contributed by atoms with Crippen LogP contribution in [0.25, 0.3) is 0 Å². The van der Waals surface area contributed by atoms with Crippen LogP contribution in [-0.4, -0.2) is 37.2 Å². The maximum Gasteiger partial charge on any atom is 0.433 e. The number of hydrogen-bond acceptors (Lipinski definition) is 4. The molecule has 0 atom stereocenters. The molecular weight excluding hydrogens is 293 g/mol. The summed E-state index contributed by atoms with van der Waals surface area (Å²) in [5.74, 6) is 1.11. The summed E-state index contributed by atoms with van der Waals surface area (Å²) in [6, 6.07) is 1.19. The number of alkyl halides is 3. The molecule has 0 aromatic carbocycles. The van der Waals surface area contributed by atoms with E-state index in [4.69, 9.17) is 0 Å². The number of halogens is 3. The highest BCUT2D eigenvalue weighted by Gasteiger charge is 2.35. The van der Waals surface area contributed by atoms with Gasteiger partial charge in [0, 0.05) is 33.3 Å². The van der Waals surface area contributed by atoms with E-state index >= 15 is 0 Å². The molecular formula is C15H23F3N4. The number of nitrogens with zero attached hydrogens (tertiary/aromatic N) is 4. The molecule has 0 N–H and O–H groups in total. The number of aromatic nitrogens is 2. The lowest BCUT2D eigenvalue weighted by molar-refractivity contribution is -0.141. The van der Waals surface area contributed by atoms with Gasteiger partial charge in [0.2, 0.25) is 5.95 Å². The fraction of sp³-hybridized carbons (Fsp3) is 0.733. The number of hydrogen-bond donors (Lipinski definition) is 0. The highest BCUT2D eigenvalue weighted by molar-refractivity contribution is 5.45. The number of anilines is 2. The Labute approximate surface area is 129 Å². The third kappa shape index (κ3) is 3.81. The van der Waals surface area contributed by atoms with Crippen LogP contribution in [0.3, 0.4) is 0 Å². The molecule has 0 radical (unpaired) electrons. The Morgan fingerprint density at radius 2 is 1.64 bits per heavy atom. The van der Waals surface area contributed by atoms with Crippen molar-refractivity contribution in [1.29, 1.82) is 0 Å². The standard InChI is InChI=1S/C15H23F3N4/c1-10-5-7-11(8-6-10)22(4)14-19-12(15(16,17)18)9-13(20-14)21(2)3/h9-11H,5-8H2,1-4H3. The predicted octanol–water partition coefficient (Wildman–Crippen LogP) is 3.58. The number of rotatable bonds is 3. The zero-order valence-corrected chi connectivity index (χ0v) is 13.5. The van der Waals surface area contributed by atoms with Crippen molar-refractivity contribution in [2.75, 3.05) is 30.9 Å². The van der Waals surface area contributed by atoms with Gasteiger partial charge >= 0.3 is 6.18 Å². The molecule has 124 valence electrons. The lowest BCUT2D eigenvalue weighted by atomic mass is 9.87. The molecule has 0 bridgehead atoms. The maximum absolute atomic E-state index is 13.0. The molecule has 0 saturated heterocycles. The summed E-state index contributed by atoms with van der Waals surface area (Å²) in [6.45, 7) is 2.21. The average Bonchev–Trinajstić information content (AvgIpc) is 2.46. The fourth-order valence-corrected chi connectivity index (χ4v) is 2.75. The second-order valence-electron chi connectivity index (χ2n) is 6.33. The summed E-state index contributed by atoms with van der Waals surface area (Å²) >= 11 is 0. The van der Waals surface area contributed by atoms with E-state index in [1.165, 1.54) is 0 Å². The van der Waals surface area contributed by atoms with Gasteiger partial charge in [-0.3, -0.25) is 0 Å². The van der Waals surface area contributed by atoms with Gasteiger partial charge in [-0.25, -0.2) is 4.98 Å². The van der Waals surface area contributed by atoms with Crippen LogP contribution < -0.4 is 9.80 Å². The first-order chi connectivity index (χ1) is 10.2. The second kappa shape index (κ2) is 6.30. The van der Waals surface area contributed by atoms with Gasteiger partial charge in [-0.05, 0) is 31.6 Å². The summed E-state index contributed by atoms with van der Waals surface area (Å²) in [4.78, 5) is 11.4.